The highest BCUT2D eigenvalue weighted by atomic mass is 16.5. The lowest BCUT2D eigenvalue weighted by molar-refractivity contribution is 0.414. The minimum Gasteiger partial charge on any atom is -0.497 e. The zero-order valence-electron chi connectivity index (χ0n) is 11.3. The van der Waals surface area contributed by atoms with Crippen LogP contribution in [0.1, 0.15) is 11.1 Å². The highest BCUT2D eigenvalue weighted by molar-refractivity contribution is 6.05. The minimum atomic E-state index is -0.00220. The molecular formula is C15H17N4O-. The number of nitrogens with zero attached hydrogens (tertiary/aromatic N) is 1. The Bertz CT molecular complexity index is 625. The lowest BCUT2D eigenvalue weighted by Crippen LogP contribution is -2.23. The van der Waals surface area contributed by atoms with Crippen LogP contribution in [0.3, 0.4) is 0 Å². The van der Waals surface area contributed by atoms with Crippen molar-refractivity contribution in [2.75, 3.05) is 18.6 Å². The number of anilines is 2. The SMILES string of the molecule is COc1cccc(CNC(=[N-])c2cc(N)ccc2N)c1. The molecule has 2 rings (SSSR count). The van der Waals surface area contributed by atoms with Gasteiger partial charge in [0.25, 0.3) is 0 Å². The lowest BCUT2D eigenvalue weighted by Gasteiger charge is -2.19. The molecule has 0 bridgehead atoms. The molecule has 0 aliphatic carbocycles. The maximum absolute atomic E-state index is 10.1. The van der Waals surface area contributed by atoms with Gasteiger partial charge in [-0.3, -0.25) is 0 Å². The van der Waals surface area contributed by atoms with E-state index < -0.39 is 0 Å². The molecule has 2 aromatic carbocycles. The predicted octanol–water partition coefficient (Wildman–Crippen LogP) is 1.97. The topological polar surface area (TPSA) is 95.6 Å². The summed E-state index contributed by atoms with van der Waals surface area (Å²) in [5, 5.41) is 13.0. The zero-order valence-corrected chi connectivity index (χ0v) is 11.3. The number of benzene rings is 2. The van der Waals surface area contributed by atoms with Gasteiger partial charge in [0.05, 0.1) is 7.11 Å². The number of nitrogens with one attached hydrogen (secondary N) is 1. The van der Waals surface area contributed by atoms with Crippen LogP contribution in [0.2, 0.25) is 0 Å². The molecule has 5 nitrogen and oxygen atoms in total. The third-order valence-electron chi connectivity index (χ3n) is 2.93. The molecule has 2 aromatic rings. The molecule has 0 saturated heterocycles. The Morgan fingerprint density at radius 2 is 2.00 bits per heavy atom. The highest BCUT2D eigenvalue weighted by Gasteiger charge is 2.01. The quantitative estimate of drug-likeness (QED) is 0.449. The third-order valence-corrected chi connectivity index (χ3v) is 2.93. The van der Waals surface area contributed by atoms with E-state index in [4.69, 9.17) is 16.2 Å². The minimum absolute atomic E-state index is 0.00220. The van der Waals surface area contributed by atoms with E-state index in [1.54, 1.807) is 25.3 Å². The molecule has 0 saturated carbocycles. The van der Waals surface area contributed by atoms with Gasteiger partial charge in [-0.1, -0.05) is 18.0 Å². The summed E-state index contributed by atoms with van der Waals surface area (Å²) in [5.74, 6) is 0.768. The molecule has 0 radical (unpaired) electrons. The zero-order chi connectivity index (χ0) is 14.5. The summed E-state index contributed by atoms with van der Waals surface area (Å²) in [6.45, 7) is 0.456. The molecule has 0 unspecified atom stereocenters. The number of nitrogens with two attached hydrogens (primary N) is 2. The Hall–Kier alpha value is -2.69. The van der Waals surface area contributed by atoms with Crippen LogP contribution in [0, 0.1) is 0 Å². The predicted molar refractivity (Wildman–Crippen MR) is 82.6 cm³/mol. The van der Waals surface area contributed by atoms with Crippen LogP contribution in [0.5, 0.6) is 5.75 Å². The van der Waals surface area contributed by atoms with Gasteiger partial charge in [-0.15, -0.1) is 0 Å². The molecule has 104 valence electrons. The molecule has 20 heavy (non-hydrogen) atoms. The average Bonchev–Trinajstić information content (AvgIpc) is 2.47. The summed E-state index contributed by atoms with van der Waals surface area (Å²) < 4.78 is 5.15. The number of nitrogen functional groups attached to an aromatic ring is 2. The first kappa shape index (κ1) is 13.7. The van der Waals surface area contributed by atoms with Crippen molar-refractivity contribution in [2.45, 2.75) is 6.54 Å². The van der Waals surface area contributed by atoms with E-state index in [0.29, 0.717) is 23.5 Å². The fraction of sp³-hybridized carbons (Fsp3) is 0.133. The van der Waals surface area contributed by atoms with Gasteiger partial charge in [0.2, 0.25) is 0 Å². The molecule has 0 aromatic heterocycles. The number of amidine groups is 1. The lowest BCUT2D eigenvalue weighted by atomic mass is 10.1. The van der Waals surface area contributed by atoms with Crippen LogP contribution < -0.4 is 21.5 Å². The van der Waals surface area contributed by atoms with Crippen LogP contribution in [0.4, 0.5) is 11.4 Å². The average molecular weight is 269 g/mol. The number of hydrogen-bond acceptors (Lipinski definition) is 3. The number of ether oxygens (including phenoxy) is 1. The van der Waals surface area contributed by atoms with Crippen molar-refractivity contribution in [1.82, 2.24) is 5.32 Å². The van der Waals surface area contributed by atoms with Crippen LogP contribution in [0.25, 0.3) is 5.41 Å². The first-order valence-corrected chi connectivity index (χ1v) is 6.18. The Morgan fingerprint density at radius 3 is 2.75 bits per heavy atom. The molecular weight excluding hydrogens is 252 g/mol. The van der Waals surface area contributed by atoms with Gasteiger partial charge >= 0.3 is 0 Å². The van der Waals surface area contributed by atoms with Gasteiger partial charge in [-0.25, -0.2) is 0 Å². The van der Waals surface area contributed by atoms with Crippen molar-refractivity contribution >= 4 is 17.2 Å². The number of hydrogen-bond donors (Lipinski definition) is 3. The van der Waals surface area contributed by atoms with Crippen LogP contribution in [0.15, 0.2) is 42.5 Å². The summed E-state index contributed by atoms with van der Waals surface area (Å²) in [7, 11) is 1.61. The molecule has 5 N–H and O–H groups in total. The van der Waals surface area contributed by atoms with Crippen molar-refractivity contribution in [3.63, 3.8) is 0 Å². The van der Waals surface area contributed by atoms with Gasteiger partial charge < -0.3 is 26.9 Å². The van der Waals surface area contributed by atoms with Gasteiger partial charge in [-0.2, -0.15) is 0 Å². The van der Waals surface area contributed by atoms with E-state index in [9.17, 15) is 5.41 Å². The van der Waals surface area contributed by atoms with E-state index in [-0.39, 0.29) is 5.84 Å². The van der Waals surface area contributed by atoms with Gasteiger partial charge in [0.15, 0.2) is 0 Å². The van der Waals surface area contributed by atoms with Crippen LogP contribution >= 0.6 is 0 Å². The van der Waals surface area contributed by atoms with Crippen molar-refractivity contribution < 1.29 is 4.74 Å². The second kappa shape index (κ2) is 5.97. The van der Waals surface area contributed by atoms with Crippen LogP contribution in [-0.4, -0.2) is 12.9 Å². The summed E-state index contributed by atoms with van der Waals surface area (Å²) >= 11 is 0. The first-order valence-electron chi connectivity index (χ1n) is 6.18. The Morgan fingerprint density at radius 1 is 1.20 bits per heavy atom. The molecule has 5 heteroatoms. The number of methoxy groups -OCH3 is 1. The van der Waals surface area contributed by atoms with E-state index in [1.807, 2.05) is 24.3 Å². The monoisotopic (exact) mass is 269 g/mol. The van der Waals surface area contributed by atoms with Crippen molar-refractivity contribution in [3.8, 4) is 5.75 Å². The van der Waals surface area contributed by atoms with Crippen molar-refractivity contribution in [3.05, 3.63) is 59.0 Å². The van der Waals surface area contributed by atoms with Gasteiger partial charge in [0, 0.05) is 11.4 Å². The van der Waals surface area contributed by atoms with E-state index in [2.05, 4.69) is 5.32 Å². The Labute approximate surface area is 118 Å². The molecule has 0 aliphatic rings. The Kier molecular flexibility index (Phi) is 4.10. The second-order valence-corrected chi connectivity index (χ2v) is 4.40. The maximum Gasteiger partial charge on any atom is 0.119 e. The molecule has 0 amide bonds. The van der Waals surface area contributed by atoms with E-state index >= 15 is 0 Å². The van der Waals surface area contributed by atoms with E-state index in [0.717, 1.165) is 11.3 Å². The summed E-state index contributed by atoms with van der Waals surface area (Å²) in [5.41, 5.74) is 14.0. The van der Waals surface area contributed by atoms with Gasteiger partial charge in [0.1, 0.15) is 5.75 Å². The van der Waals surface area contributed by atoms with Crippen molar-refractivity contribution in [2.24, 2.45) is 0 Å². The fourth-order valence-corrected chi connectivity index (χ4v) is 1.84. The Balaban J connectivity index is 2.06. The van der Waals surface area contributed by atoms with Gasteiger partial charge in [-0.05, 0) is 48.0 Å². The first-order chi connectivity index (χ1) is 9.60. The van der Waals surface area contributed by atoms with Crippen molar-refractivity contribution in [1.29, 1.82) is 0 Å². The largest absolute Gasteiger partial charge is 0.497 e. The summed E-state index contributed by atoms with van der Waals surface area (Å²) in [6.07, 6.45) is 0. The summed E-state index contributed by atoms with van der Waals surface area (Å²) in [6, 6.07) is 12.6. The molecule has 0 heterocycles. The van der Waals surface area contributed by atoms with Crippen LogP contribution in [-0.2, 0) is 6.54 Å². The number of rotatable bonds is 4. The smallest absolute Gasteiger partial charge is 0.119 e. The normalized spacial score (nSPS) is 10.1. The molecule has 0 spiro atoms. The molecule has 0 atom stereocenters. The maximum atomic E-state index is 10.1. The highest BCUT2D eigenvalue weighted by Crippen LogP contribution is 2.16. The standard InChI is InChI=1S/C15H17N4O/c1-20-12-4-2-3-10(7-12)9-19-15(18)13-8-11(16)5-6-14(13)17/h2-8H,9,16-17H2,1H3,(H-,18,19)/q-1. The summed E-state index contributed by atoms with van der Waals surface area (Å²) in [4.78, 5) is 0. The molecule has 0 aliphatic heterocycles. The van der Waals surface area contributed by atoms with E-state index in [1.165, 1.54) is 0 Å². The fourth-order valence-electron chi connectivity index (χ4n) is 1.84. The molecule has 0 fully saturated rings. The second-order valence-electron chi connectivity index (χ2n) is 4.40. The third kappa shape index (κ3) is 3.20.